The van der Waals surface area contributed by atoms with Gasteiger partial charge in [0.05, 0.1) is 46.4 Å². The van der Waals surface area contributed by atoms with E-state index in [1.54, 1.807) is 54.1 Å². The fraction of sp³-hybridized carbons (Fsp3) is 0.321. The zero-order valence-corrected chi connectivity index (χ0v) is 21.1. The molecule has 10 heteroatoms. The molecule has 0 aliphatic carbocycles. The van der Waals surface area contributed by atoms with E-state index in [-0.39, 0.29) is 12.3 Å². The van der Waals surface area contributed by atoms with E-state index in [0.717, 1.165) is 5.52 Å². The molecule has 0 saturated carbocycles. The average molecular weight is 528 g/mol. The lowest BCUT2D eigenvalue weighted by Gasteiger charge is -2.33. The van der Waals surface area contributed by atoms with Crippen LogP contribution in [0.1, 0.15) is 25.3 Å². The Morgan fingerprint density at radius 2 is 1.89 bits per heavy atom. The molecule has 5 unspecified atom stereocenters. The monoisotopic (exact) mass is 527 g/mol. The third-order valence-corrected chi connectivity index (χ3v) is 8.83. The number of rotatable bonds is 4. The second-order valence-electron chi connectivity index (χ2n) is 10.5. The Kier molecular flexibility index (Phi) is 4.80. The minimum atomic E-state index is -1.19. The van der Waals surface area contributed by atoms with Gasteiger partial charge in [-0.05, 0) is 43.7 Å². The highest BCUT2D eigenvalue weighted by atomic mass is 35.5. The minimum absolute atomic E-state index is 0.235. The third kappa shape index (κ3) is 2.93. The molecule has 9 nitrogen and oxygen atoms in total. The van der Waals surface area contributed by atoms with Crippen LogP contribution in [-0.4, -0.2) is 49.2 Å². The molecule has 3 saturated heterocycles. The number of hydrogen-bond acceptors (Lipinski definition) is 7. The van der Waals surface area contributed by atoms with Crippen molar-refractivity contribution in [3.8, 4) is 6.07 Å². The summed E-state index contributed by atoms with van der Waals surface area (Å²) >= 11 is 6.18. The number of ether oxygens (including phenoxy) is 1. The van der Waals surface area contributed by atoms with E-state index in [1.165, 1.54) is 4.90 Å². The van der Waals surface area contributed by atoms with Gasteiger partial charge in [-0.25, -0.2) is 9.58 Å². The number of benzene rings is 3. The highest BCUT2D eigenvalue weighted by Gasteiger charge is 2.77. The van der Waals surface area contributed by atoms with Crippen LogP contribution in [0.2, 0.25) is 5.02 Å². The lowest BCUT2D eigenvalue weighted by molar-refractivity contribution is -0.133. The summed E-state index contributed by atoms with van der Waals surface area (Å²) in [5, 5.41) is 30.9. The summed E-state index contributed by atoms with van der Waals surface area (Å²) in [6.45, 7) is 2.09. The quantitative estimate of drug-likeness (QED) is 0.402. The Labute approximate surface area is 222 Å². The Morgan fingerprint density at radius 1 is 1.13 bits per heavy atom. The number of anilines is 1. The van der Waals surface area contributed by atoms with Gasteiger partial charge in [-0.3, -0.25) is 9.59 Å². The predicted molar refractivity (Wildman–Crippen MR) is 138 cm³/mol. The van der Waals surface area contributed by atoms with Gasteiger partial charge < -0.3 is 9.84 Å². The normalized spacial score (nSPS) is 29.9. The van der Waals surface area contributed by atoms with Crippen molar-refractivity contribution in [2.24, 2.45) is 11.8 Å². The number of amides is 2. The molecule has 38 heavy (non-hydrogen) atoms. The third-order valence-electron chi connectivity index (χ3n) is 8.60. The van der Waals surface area contributed by atoms with E-state index in [1.807, 2.05) is 12.1 Å². The Bertz CT molecular complexity index is 1730. The van der Waals surface area contributed by atoms with Crippen molar-refractivity contribution in [2.45, 2.75) is 43.6 Å². The summed E-state index contributed by atoms with van der Waals surface area (Å²) in [4.78, 5) is 29.2. The Balaban J connectivity index is 1.29. The smallest absolute Gasteiger partial charge is 0.240 e. The number of aliphatic hydroxyl groups is 1. The molecular formula is C28H22ClN5O4. The van der Waals surface area contributed by atoms with Crippen molar-refractivity contribution in [1.29, 1.82) is 5.26 Å². The maximum absolute atomic E-state index is 14.1. The van der Waals surface area contributed by atoms with E-state index >= 15 is 0 Å². The number of imide groups is 1. The summed E-state index contributed by atoms with van der Waals surface area (Å²) in [5.74, 6) is -2.32. The van der Waals surface area contributed by atoms with Crippen molar-refractivity contribution in [1.82, 2.24) is 15.0 Å². The first-order valence-corrected chi connectivity index (χ1v) is 12.8. The van der Waals surface area contributed by atoms with Crippen LogP contribution in [0.3, 0.4) is 0 Å². The van der Waals surface area contributed by atoms with Crippen molar-refractivity contribution in [3.05, 3.63) is 65.2 Å². The van der Waals surface area contributed by atoms with E-state index in [0.29, 0.717) is 45.5 Å². The molecule has 3 aliphatic heterocycles. The zero-order valence-electron chi connectivity index (χ0n) is 20.3. The van der Waals surface area contributed by atoms with Crippen molar-refractivity contribution >= 4 is 50.9 Å². The van der Waals surface area contributed by atoms with Crippen LogP contribution < -0.4 is 4.90 Å². The highest BCUT2D eigenvalue weighted by Crippen LogP contribution is 2.62. The second kappa shape index (κ2) is 7.84. The fourth-order valence-corrected chi connectivity index (χ4v) is 7.00. The number of carbonyl (C=O) groups is 2. The molecule has 1 N–H and O–H groups in total. The van der Waals surface area contributed by atoms with Crippen molar-refractivity contribution in [3.63, 3.8) is 0 Å². The number of fused-ring (bicyclic) bond motifs is 7. The standard InChI is InChI=1S/C28H22ClN5O4/c1-27-22(35)13-28(38-27,10-11-33-21-12-16(29)7-8-19(21)31-32-33)24-23(27)25(36)34(26(24)37)20-9-6-15(14-30)17-4-2-3-5-18(17)20/h2-9,12,22-24,35H,10-11,13H2,1H3. The van der Waals surface area contributed by atoms with E-state index in [9.17, 15) is 20.0 Å². The van der Waals surface area contributed by atoms with Gasteiger partial charge in [0.15, 0.2) is 0 Å². The van der Waals surface area contributed by atoms with Gasteiger partial charge in [0, 0.05) is 28.8 Å². The van der Waals surface area contributed by atoms with Crippen LogP contribution >= 0.6 is 11.6 Å². The number of hydrogen-bond donors (Lipinski definition) is 1. The molecule has 0 radical (unpaired) electrons. The van der Waals surface area contributed by atoms with Gasteiger partial charge in [0.25, 0.3) is 0 Å². The van der Waals surface area contributed by atoms with Gasteiger partial charge >= 0.3 is 0 Å². The maximum Gasteiger partial charge on any atom is 0.240 e. The molecule has 7 rings (SSSR count). The SMILES string of the molecule is CC12OC(CCn3nnc4ccc(Cl)cc43)(CC1O)C1C(=O)N(c3ccc(C#N)c4ccccc34)C(=O)C12. The molecule has 5 atom stereocenters. The van der Waals surface area contributed by atoms with Gasteiger partial charge in [-0.1, -0.05) is 41.1 Å². The van der Waals surface area contributed by atoms with Crippen molar-refractivity contribution in [2.75, 3.05) is 4.90 Å². The predicted octanol–water partition coefficient (Wildman–Crippen LogP) is 3.60. The number of aliphatic hydroxyl groups excluding tert-OH is 1. The molecule has 3 fully saturated rings. The fourth-order valence-electron chi connectivity index (χ4n) is 6.84. The molecule has 0 spiro atoms. The van der Waals surface area contributed by atoms with E-state index in [2.05, 4.69) is 16.4 Å². The van der Waals surface area contributed by atoms with Gasteiger partial charge in [-0.2, -0.15) is 5.26 Å². The van der Waals surface area contributed by atoms with Crippen LogP contribution in [-0.2, 0) is 20.9 Å². The number of carbonyl (C=O) groups excluding carboxylic acids is 2. The maximum atomic E-state index is 14.1. The van der Waals surface area contributed by atoms with Crippen LogP contribution in [0.5, 0.6) is 0 Å². The minimum Gasteiger partial charge on any atom is -0.390 e. The molecular weight excluding hydrogens is 506 g/mol. The number of halogens is 1. The van der Waals surface area contributed by atoms with Crippen LogP contribution in [0.4, 0.5) is 5.69 Å². The largest absolute Gasteiger partial charge is 0.390 e. The lowest BCUT2D eigenvalue weighted by Crippen LogP contribution is -2.49. The topological polar surface area (TPSA) is 121 Å². The van der Waals surface area contributed by atoms with Crippen LogP contribution in [0.15, 0.2) is 54.6 Å². The summed E-state index contributed by atoms with van der Waals surface area (Å²) in [6, 6.07) is 18.0. The molecule has 4 heterocycles. The molecule has 2 amide bonds. The molecule has 1 aromatic heterocycles. The summed E-state index contributed by atoms with van der Waals surface area (Å²) in [7, 11) is 0. The van der Waals surface area contributed by atoms with E-state index < -0.39 is 35.0 Å². The molecule has 3 aromatic carbocycles. The first-order chi connectivity index (χ1) is 18.3. The summed E-state index contributed by atoms with van der Waals surface area (Å²) in [5.41, 5.74) is 0.116. The average Bonchev–Trinajstić information content (AvgIpc) is 3.59. The summed E-state index contributed by atoms with van der Waals surface area (Å²) in [6.07, 6.45) is -0.314. The second-order valence-corrected chi connectivity index (χ2v) is 11.0. The first kappa shape index (κ1) is 23.3. The highest BCUT2D eigenvalue weighted by molar-refractivity contribution is 6.31. The first-order valence-electron chi connectivity index (χ1n) is 12.4. The molecule has 3 aliphatic rings. The van der Waals surface area contributed by atoms with Crippen LogP contribution in [0.25, 0.3) is 21.8 Å². The van der Waals surface area contributed by atoms with Crippen LogP contribution in [0, 0.1) is 23.2 Å². The molecule has 190 valence electrons. The van der Waals surface area contributed by atoms with Crippen molar-refractivity contribution < 1.29 is 19.4 Å². The van der Waals surface area contributed by atoms with Gasteiger partial charge in [0.1, 0.15) is 11.1 Å². The van der Waals surface area contributed by atoms with Gasteiger partial charge in [-0.15, -0.1) is 5.10 Å². The Hall–Kier alpha value is -3.84. The molecule has 4 aromatic rings. The summed E-state index contributed by atoms with van der Waals surface area (Å²) < 4.78 is 8.17. The number of nitriles is 1. The van der Waals surface area contributed by atoms with E-state index in [4.69, 9.17) is 16.3 Å². The number of nitrogens with zero attached hydrogens (tertiary/aromatic N) is 5. The number of aryl methyl sites for hydroxylation is 1. The van der Waals surface area contributed by atoms with Gasteiger partial charge in [0.2, 0.25) is 11.8 Å². The number of aromatic nitrogens is 3. The zero-order chi connectivity index (χ0) is 26.4. The lowest BCUT2D eigenvalue weighted by atomic mass is 9.66. The Morgan fingerprint density at radius 3 is 2.68 bits per heavy atom. The molecule has 2 bridgehead atoms.